The summed E-state index contributed by atoms with van der Waals surface area (Å²) in [5, 5.41) is 11.7. The Kier molecular flexibility index (Phi) is 8.53. The van der Waals surface area contributed by atoms with E-state index >= 15 is 0 Å². The molecule has 40 heavy (non-hydrogen) atoms. The molecule has 208 valence electrons. The van der Waals surface area contributed by atoms with E-state index in [1.54, 1.807) is 19.2 Å². The maximum atomic E-state index is 11.7. The molecule has 0 aliphatic carbocycles. The SMILES string of the molecule is CN.COc1ccc2c3c(ccc2c1)-c1ccc(C(=O)O)cc1OC3c1ccc(OCCN2CCCCC2)cc1. The van der Waals surface area contributed by atoms with Crippen molar-refractivity contribution >= 4 is 16.7 Å². The molecule has 6 rings (SSSR count). The minimum atomic E-state index is -0.976. The van der Waals surface area contributed by atoms with Gasteiger partial charge in [0, 0.05) is 17.7 Å². The van der Waals surface area contributed by atoms with Crippen molar-refractivity contribution < 1.29 is 24.1 Å². The molecule has 0 saturated carbocycles. The van der Waals surface area contributed by atoms with E-state index in [2.05, 4.69) is 28.8 Å². The zero-order valence-electron chi connectivity index (χ0n) is 23.1. The third-order valence-corrected chi connectivity index (χ3v) is 7.60. The Morgan fingerprint density at radius 1 is 0.925 bits per heavy atom. The van der Waals surface area contributed by atoms with E-state index in [4.69, 9.17) is 14.2 Å². The Balaban J connectivity index is 0.00000158. The zero-order chi connectivity index (χ0) is 28.1. The number of rotatable bonds is 7. The van der Waals surface area contributed by atoms with E-state index in [9.17, 15) is 9.90 Å². The lowest BCUT2D eigenvalue weighted by atomic mass is 9.85. The molecule has 2 aliphatic rings. The standard InChI is InChI=1S/C32H31NO5.CH5N/c1-36-25-11-14-26-22(19-25)7-13-28-27-12-8-23(32(34)35)20-29(27)38-31(30(26)28)21-5-9-24(10-6-21)37-18-17-33-15-3-2-4-16-33;1-2/h5-14,19-20,31H,2-4,15-18H2,1H3,(H,34,35);2H2,1H3. The van der Waals surface area contributed by atoms with Gasteiger partial charge in [-0.05, 0) is 97.3 Å². The molecule has 3 N–H and O–H groups in total. The van der Waals surface area contributed by atoms with Crippen LogP contribution in [0.4, 0.5) is 0 Å². The van der Waals surface area contributed by atoms with Crippen molar-refractivity contribution in [2.24, 2.45) is 5.73 Å². The van der Waals surface area contributed by atoms with Gasteiger partial charge >= 0.3 is 5.97 Å². The highest BCUT2D eigenvalue weighted by molar-refractivity contribution is 5.96. The molecule has 0 aromatic heterocycles. The van der Waals surface area contributed by atoms with Gasteiger partial charge in [-0.25, -0.2) is 4.79 Å². The van der Waals surface area contributed by atoms with E-state index in [0.717, 1.165) is 64.2 Å². The van der Waals surface area contributed by atoms with Crippen LogP contribution in [-0.2, 0) is 0 Å². The van der Waals surface area contributed by atoms with Crippen LogP contribution in [0.3, 0.4) is 0 Å². The number of nitrogens with two attached hydrogens (primary N) is 1. The van der Waals surface area contributed by atoms with Crippen molar-refractivity contribution in [2.45, 2.75) is 25.4 Å². The summed E-state index contributed by atoms with van der Waals surface area (Å²) in [7, 11) is 3.16. The van der Waals surface area contributed by atoms with Gasteiger partial charge in [-0.1, -0.05) is 36.8 Å². The predicted molar refractivity (Wildman–Crippen MR) is 158 cm³/mol. The highest BCUT2D eigenvalue weighted by Gasteiger charge is 2.30. The van der Waals surface area contributed by atoms with Gasteiger partial charge in [-0.3, -0.25) is 4.90 Å². The fourth-order valence-electron chi connectivity index (χ4n) is 5.59. The Hall–Kier alpha value is -4.07. The number of benzene rings is 4. The maximum absolute atomic E-state index is 11.7. The fraction of sp³-hybridized carbons (Fsp3) is 0.303. The van der Waals surface area contributed by atoms with E-state index < -0.39 is 12.1 Å². The second-order valence-corrected chi connectivity index (χ2v) is 9.95. The summed E-state index contributed by atoms with van der Waals surface area (Å²) in [5.74, 6) is 1.22. The molecule has 0 radical (unpaired) electrons. The lowest BCUT2D eigenvalue weighted by Crippen LogP contribution is -2.33. The predicted octanol–water partition coefficient (Wildman–Crippen LogP) is 6.14. The Labute approximate surface area is 235 Å². The van der Waals surface area contributed by atoms with Gasteiger partial charge in [-0.15, -0.1) is 0 Å². The molecule has 4 aromatic rings. The lowest BCUT2D eigenvalue weighted by molar-refractivity contribution is 0.0696. The molecule has 7 heteroatoms. The molecule has 1 saturated heterocycles. The summed E-state index contributed by atoms with van der Waals surface area (Å²) in [6.07, 6.45) is 3.48. The van der Waals surface area contributed by atoms with Crippen LogP contribution < -0.4 is 19.9 Å². The van der Waals surface area contributed by atoms with Crippen LogP contribution in [0.2, 0.25) is 0 Å². The van der Waals surface area contributed by atoms with Gasteiger partial charge in [0.1, 0.15) is 23.9 Å². The first kappa shape index (κ1) is 27.5. The number of carboxylic acids is 1. The number of hydrogen-bond acceptors (Lipinski definition) is 6. The summed E-state index contributed by atoms with van der Waals surface area (Å²) >= 11 is 0. The monoisotopic (exact) mass is 540 g/mol. The number of likely N-dealkylation sites (tertiary alicyclic amines) is 1. The van der Waals surface area contributed by atoms with E-state index in [0.29, 0.717) is 12.4 Å². The van der Waals surface area contributed by atoms with Gasteiger partial charge in [0.25, 0.3) is 0 Å². The number of carbonyl (C=O) groups is 1. The average molecular weight is 541 g/mol. The smallest absolute Gasteiger partial charge is 0.335 e. The van der Waals surface area contributed by atoms with Crippen molar-refractivity contribution in [3.63, 3.8) is 0 Å². The number of carboxylic acid groups (broad SMARTS) is 1. The van der Waals surface area contributed by atoms with E-state index in [1.165, 1.54) is 26.3 Å². The first-order chi connectivity index (χ1) is 19.6. The molecular formula is C33H36N2O5. The molecule has 1 atom stereocenters. The largest absolute Gasteiger partial charge is 0.497 e. The second-order valence-electron chi connectivity index (χ2n) is 9.95. The van der Waals surface area contributed by atoms with Crippen molar-refractivity contribution in [3.05, 3.63) is 89.5 Å². The van der Waals surface area contributed by atoms with Crippen molar-refractivity contribution in [1.29, 1.82) is 0 Å². The third kappa shape index (κ3) is 5.62. The highest BCUT2D eigenvalue weighted by atomic mass is 16.5. The molecule has 1 fully saturated rings. The minimum Gasteiger partial charge on any atom is -0.497 e. The number of fused-ring (bicyclic) bond motifs is 5. The molecule has 2 heterocycles. The highest BCUT2D eigenvalue weighted by Crippen LogP contribution is 2.48. The molecule has 1 unspecified atom stereocenters. The quantitative estimate of drug-likeness (QED) is 0.291. The van der Waals surface area contributed by atoms with Gasteiger partial charge in [0.05, 0.1) is 12.7 Å². The summed E-state index contributed by atoms with van der Waals surface area (Å²) in [5.41, 5.74) is 8.65. The van der Waals surface area contributed by atoms with Crippen LogP contribution in [-0.4, -0.2) is 56.4 Å². The fourth-order valence-corrected chi connectivity index (χ4v) is 5.59. The first-order valence-corrected chi connectivity index (χ1v) is 13.8. The van der Waals surface area contributed by atoms with Crippen molar-refractivity contribution in [1.82, 2.24) is 4.90 Å². The zero-order valence-corrected chi connectivity index (χ0v) is 23.1. The molecule has 0 spiro atoms. The van der Waals surface area contributed by atoms with E-state index in [-0.39, 0.29) is 5.56 Å². The Bertz CT molecular complexity index is 1480. The van der Waals surface area contributed by atoms with Gasteiger partial charge in [-0.2, -0.15) is 0 Å². The van der Waals surface area contributed by atoms with E-state index in [1.807, 2.05) is 42.5 Å². The Morgan fingerprint density at radius 2 is 1.65 bits per heavy atom. The molecule has 4 aromatic carbocycles. The number of aromatic carboxylic acids is 1. The normalized spacial score (nSPS) is 16.1. The summed E-state index contributed by atoms with van der Waals surface area (Å²) in [6.45, 7) is 3.93. The molecular weight excluding hydrogens is 504 g/mol. The number of methoxy groups -OCH3 is 1. The number of piperidine rings is 1. The third-order valence-electron chi connectivity index (χ3n) is 7.60. The Morgan fingerprint density at radius 3 is 2.38 bits per heavy atom. The molecule has 2 aliphatic heterocycles. The number of ether oxygens (including phenoxy) is 3. The summed E-state index contributed by atoms with van der Waals surface area (Å²) in [4.78, 5) is 14.1. The maximum Gasteiger partial charge on any atom is 0.335 e. The lowest BCUT2D eigenvalue weighted by Gasteiger charge is -2.31. The van der Waals surface area contributed by atoms with Crippen LogP contribution >= 0.6 is 0 Å². The van der Waals surface area contributed by atoms with Crippen LogP contribution in [0.5, 0.6) is 17.2 Å². The summed E-state index contributed by atoms with van der Waals surface area (Å²) < 4.78 is 18.1. The average Bonchev–Trinajstić information content (AvgIpc) is 3.01. The van der Waals surface area contributed by atoms with Crippen molar-refractivity contribution in [3.8, 4) is 28.4 Å². The van der Waals surface area contributed by atoms with Crippen LogP contribution in [0, 0.1) is 0 Å². The topological polar surface area (TPSA) is 94.2 Å². The van der Waals surface area contributed by atoms with Crippen LogP contribution in [0.1, 0.15) is 46.9 Å². The van der Waals surface area contributed by atoms with Gasteiger partial charge in [0.15, 0.2) is 6.10 Å². The molecule has 7 nitrogen and oxygen atoms in total. The van der Waals surface area contributed by atoms with Crippen molar-refractivity contribution in [2.75, 3.05) is 40.4 Å². The minimum absolute atomic E-state index is 0.203. The van der Waals surface area contributed by atoms with Gasteiger partial charge in [0.2, 0.25) is 0 Å². The van der Waals surface area contributed by atoms with Crippen LogP contribution in [0.25, 0.3) is 21.9 Å². The number of hydrogen-bond donors (Lipinski definition) is 2. The number of nitrogens with zero attached hydrogens (tertiary/aromatic N) is 1. The molecule has 0 amide bonds. The second kappa shape index (κ2) is 12.4. The van der Waals surface area contributed by atoms with Gasteiger partial charge < -0.3 is 25.1 Å². The first-order valence-electron chi connectivity index (χ1n) is 13.8. The summed E-state index contributed by atoms with van der Waals surface area (Å²) in [6, 6.07) is 23.4. The molecule has 0 bridgehead atoms. The van der Waals surface area contributed by atoms with Crippen LogP contribution in [0.15, 0.2) is 72.8 Å².